The van der Waals surface area contributed by atoms with Crippen LogP contribution in [0.25, 0.3) is 0 Å². The van der Waals surface area contributed by atoms with Crippen LogP contribution in [0.5, 0.6) is 5.75 Å². The van der Waals surface area contributed by atoms with Crippen LogP contribution in [0.4, 0.5) is 0 Å². The summed E-state index contributed by atoms with van der Waals surface area (Å²) in [4.78, 5) is 17.5. The van der Waals surface area contributed by atoms with E-state index in [9.17, 15) is 0 Å². The fourth-order valence-corrected chi connectivity index (χ4v) is 1.66. The highest BCUT2D eigenvalue weighted by molar-refractivity contribution is 8.06. The van der Waals surface area contributed by atoms with Gasteiger partial charge in [-0.25, -0.2) is 0 Å². The largest absolute Gasteiger partial charge is 0.424 e. The molecule has 0 aliphatic heterocycles. The minimum Gasteiger partial charge on any atom is -0.424 e. The molecule has 90 valence electrons. The molecule has 0 aliphatic rings. The second-order valence-electron chi connectivity index (χ2n) is 3.05. The summed E-state index contributed by atoms with van der Waals surface area (Å²) >= 11 is 4.27. The lowest BCUT2D eigenvalue weighted by molar-refractivity contribution is 0.370. The number of hydrogen-bond donors (Lipinski definition) is 2. The molecule has 2 N–H and O–H groups in total. The van der Waals surface area contributed by atoms with E-state index >= 15 is 0 Å². The van der Waals surface area contributed by atoms with Crippen LogP contribution in [0.2, 0.25) is 0 Å². The van der Waals surface area contributed by atoms with Crippen LogP contribution in [-0.4, -0.2) is 9.79 Å². The van der Waals surface area contributed by atoms with Gasteiger partial charge in [0.1, 0.15) is 5.75 Å². The molecule has 0 aromatic heterocycles. The van der Waals surface area contributed by atoms with Crippen molar-refractivity contribution < 1.29 is 14.3 Å². The average Bonchev–Trinajstić information content (AvgIpc) is 2.31. The van der Waals surface area contributed by atoms with Gasteiger partial charge in [-0.2, -0.15) is 0 Å². The Morgan fingerprint density at radius 1 is 0.765 bits per heavy atom. The van der Waals surface area contributed by atoms with Gasteiger partial charge in [-0.15, -0.1) is 0 Å². The average molecular weight is 268 g/mol. The van der Waals surface area contributed by atoms with Crippen molar-refractivity contribution in [2.75, 3.05) is 0 Å². The van der Waals surface area contributed by atoms with Crippen LogP contribution in [-0.2, 0) is 11.8 Å². The second-order valence-corrected chi connectivity index (χ2v) is 5.64. The Bertz CT molecular complexity index is 429. The summed E-state index contributed by atoms with van der Waals surface area (Å²) in [5, 5.41) is 0. The van der Waals surface area contributed by atoms with E-state index < -0.39 is 6.72 Å². The molecule has 0 unspecified atom stereocenters. The minimum atomic E-state index is -3.55. The third-order valence-electron chi connectivity index (χ3n) is 1.63. The molecule has 5 heteroatoms. The fourth-order valence-electron chi connectivity index (χ4n) is 1.00. The zero-order valence-corrected chi connectivity index (χ0v) is 10.7. The molecule has 0 aliphatic carbocycles. The van der Waals surface area contributed by atoms with Crippen LogP contribution in [0.1, 0.15) is 0 Å². The minimum absolute atomic E-state index is 0.376. The highest BCUT2D eigenvalue weighted by Crippen LogP contribution is 2.37. The molecule has 0 saturated heterocycles. The zero-order chi connectivity index (χ0) is 12.6. The van der Waals surface area contributed by atoms with Crippen LogP contribution in [0.3, 0.4) is 0 Å². The van der Waals surface area contributed by atoms with Gasteiger partial charge >= 0.3 is 6.72 Å². The smallest absolute Gasteiger partial charge is 0.375 e. The van der Waals surface area contributed by atoms with Gasteiger partial charge < -0.3 is 14.3 Å². The van der Waals surface area contributed by atoms with Crippen LogP contribution in [0.15, 0.2) is 66.7 Å². The van der Waals surface area contributed by atoms with Crippen LogP contribution in [0, 0.1) is 0 Å². The van der Waals surface area contributed by atoms with Crippen molar-refractivity contribution in [1.29, 1.82) is 0 Å². The maximum absolute atomic E-state index is 8.73. The molecule has 0 saturated carbocycles. The molecule has 0 radical (unpaired) electrons. The summed E-state index contributed by atoms with van der Waals surface area (Å²) < 4.78 is 4.64. The Morgan fingerprint density at radius 2 is 1.12 bits per heavy atom. The molecule has 0 atom stereocenters. The predicted octanol–water partition coefficient (Wildman–Crippen LogP) is 2.96. The standard InChI is InChI=1S/C6H7O3PS.C6H6/c7-10(8,11)9-6-4-2-1-3-5-6;1-2-4-6-5-3-1/h1-5H,(H2,7,8,11);1-6H. The topological polar surface area (TPSA) is 49.7 Å². The van der Waals surface area contributed by atoms with Gasteiger partial charge in [0.05, 0.1) is 0 Å². The molecule has 0 bridgehead atoms. The van der Waals surface area contributed by atoms with Gasteiger partial charge in [-0.1, -0.05) is 54.6 Å². The molecule has 0 spiro atoms. The molecule has 17 heavy (non-hydrogen) atoms. The first-order valence-corrected chi connectivity index (χ1v) is 7.51. The lowest BCUT2D eigenvalue weighted by Gasteiger charge is -2.08. The van der Waals surface area contributed by atoms with Crippen molar-refractivity contribution >= 4 is 18.5 Å². The maximum Gasteiger partial charge on any atom is 0.375 e. The summed E-state index contributed by atoms with van der Waals surface area (Å²) in [5.74, 6) is 0.376. The molecule has 3 nitrogen and oxygen atoms in total. The third kappa shape index (κ3) is 7.66. The van der Waals surface area contributed by atoms with Gasteiger partial charge in [-0.3, -0.25) is 0 Å². The lowest BCUT2D eigenvalue weighted by Crippen LogP contribution is -1.88. The Hall–Kier alpha value is -1.19. The monoisotopic (exact) mass is 268 g/mol. The SMILES string of the molecule is OP(O)(=S)Oc1ccccc1.c1ccccc1. The molecular weight excluding hydrogens is 255 g/mol. The number of benzene rings is 2. The van der Waals surface area contributed by atoms with E-state index in [0.717, 1.165) is 0 Å². The van der Waals surface area contributed by atoms with Crippen molar-refractivity contribution in [3.63, 3.8) is 0 Å². The summed E-state index contributed by atoms with van der Waals surface area (Å²) in [7, 11) is 0. The summed E-state index contributed by atoms with van der Waals surface area (Å²) in [6.07, 6.45) is 0. The second kappa shape index (κ2) is 7.20. The van der Waals surface area contributed by atoms with E-state index in [2.05, 4.69) is 16.3 Å². The number of hydrogen-bond acceptors (Lipinski definition) is 2. The van der Waals surface area contributed by atoms with Crippen molar-refractivity contribution in [3.05, 3.63) is 66.7 Å². The molecule has 2 rings (SSSR count). The molecule has 0 heterocycles. The quantitative estimate of drug-likeness (QED) is 0.822. The zero-order valence-electron chi connectivity index (χ0n) is 9.01. The first-order chi connectivity index (χ1) is 8.08. The number of para-hydroxylation sites is 1. The van der Waals surface area contributed by atoms with Crippen molar-refractivity contribution in [2.24, 2.45) is 0 Å². The third-order valence-corrected chi connectivity index (χ3v) is 2.31. The Kier molecular flexibility index (Phi) is 5.87. The van der Waals surface area contributed by atoms with Crippen LogP contribution >= 0.6 is 6.72 Å². The van der Waals surface area contributed by atoms with E-state index in [1.54, 1.807) is 30.3 Å². The van der Waals surface area contributed by atoms with Gasteiger partial charge in [0, 0.05) is 11.8 Å². The fraction of sp³-hybridized carbons (Fsp3) is 0. The van der Waals surface area contributed by atoms with E-state index in [0.29, 0.717) is 5.75 Å². The summed E-state index contributed by atoms with van der Waals surface area (Å²) in [5.41, 5.74) is 0. The highest BCUT2D eigenvalue weighted by Gasteiger charge is 2.08. The lowest BCUT2D eigenvalue weighted by atomic mass is 10.3. The van der Waals surface area contributed by atoms with E-state index in [1.165, 1.54) is 0 Å². The van der Waals surface area contributed by atoms with Gasteiger partial charge in [0.15, 0.2) is 0 Å². The molecule has 2 aromatic rings. The Balaban J connectivity index is 0.000000202. The van der Waals surface area contributed by atoms with E-state index in [1.807, 2.05) is 36.4 Å². The predicted molar refractivity (Wildman–Crippen MR) is 72.2 cm³/mol. The molecule has 2 aromatic carbocycles. The van der Waals surface area contributed by atoms with Gasteiger partial charge in [0.25, 0.3) is 0 Å². The molecular formula is C12H13O3PS. The van der Waals surface area contributed by atoms with E-state index in [4.69, 9.17) is 9.79 Å². The molecule has 0 fully saturated rings. The Morgan fingerprint density at radius 3 is 1.47 bits per heavy atom. The van der Waals surface area contributed by atoms with E-state index in [-0.39, 0.29) is 0 Å². The first kappa shape index (κ1) is 13.9. The van der Waals surface area contributed by atoms with Crippen molar-refractivity contribution in [1.82, 2.24) is 0 Å². The van der Waals surface area contributed by atoms with Gasteiger partial charge in [-0.05, 0) is 12.1 Å². The van der Waals surface area contributed by atoms with Crippen molar-refractivity contribution in [2.45, 2.75) is 0 Å². The summed E-state index contributed by atoms with van der Waals surface area (Å²) in [6, 6.07) is 20.5. The summed E-state index contributed by atoms with van der Waals surface area (Å²) in [6.45, 7) is -3.55. The molecule has 0 amide bonds. The Labute approximate surface area is 106 Å². The van der Waals surface area contributed by atoms with Gasteiger partial charge in [0.2, 0.25) is 0 Å². The van der Waals surface area contributed by atoms with Crippen LogP contribution < -0.4 is 4.52 Å². The number of rotatable bonds is 2. The maximum atomic E-state index is 8.73. The van der Waals surface area contributed by atoms with Crippen molar-refractivity contribution in [3.8, 4) is 5.75 Å². The first-order valence-electron chi connectivity index (χ1n) is 4.88. The highest BCUT2D eigenvalue weighted by atomic mass is 32.5. The normalized spacial score (nSPS) is 10.0.